The van der Waals surface area contributed by atoms with E-state index in [4.69, 9.17) is 9.73 Å². The highest BCUT2D eigenvalue weighted by atomic mass is 79.9. The van der Waals surface area contributed by atoms with Crippen molar-refractivity contribution in [3.05, 3.63) is 61.9 Å². The zero-order valence-electron chi connectivity index (χ0n) is 15.1. The number of thiazole rings is 1. The van der Waals surface area contributed by atoms with E-state index in [9.17, 15) is 9.18 Å². The fraction of sp³-hybridized carbons (Fsp3) is 0.316. The van der Waals surface area contributed by atoms with Gasteiger partial charge in [0.1, 0.15) is 11.9 Å². The number of esters is 1. The number of nitrogens with one attached hydrogen (secondary N) is 1. The Bertz CT molecular complexity index is 961. The Balaban J connectivity index is 1.90. The minimum atomic E-state index is -0.612. The average Bonchev–Trinajstić information content (AvgIpc) is 3.21. The maximum Gasteiger partial charge on any atom is 0.338 e. The topological polar surface area (TPSA) is 66.8 Å². The lowest BCUT2D eigenvalue weighted by molar-refractivity contribution is -0.139. The van der Waals surface area contributed by atoms with E-state index in [2.05, 4.69) is 26.2 Å². The van der Waals surface area contributed by atoms with Gasteiger partial charge in [0.2, 0.25) is 0 Å². The first kappa shape index (κ1) is 19.2. The van der Waals surface area contributed by atoms with Gasteiger partial charge in [-0.3, -0.25) is 4.99 Å². The second-order valence-corrected chi connectivity index (χ2v) is 8.02. The van der Waals surface area contributed by atoms with Crippen molar-refractivity contribution >= 4 is 39.1 Å². The number of benzene rings is 1. The maximum absolute atomic E-state index is 13.7. The van der Waals surface area contributed by atoms with Crippen molar-refractivity contribution in [2.75, 3.05) is 26.2 Å². The Morgan fingerprint density at radius 1 is 1.50 bits per heavy atom. The van der Waals surface area contributed by atoms with Crippen LogP contribution in [0.2, 0.25) is 0 Å². The Labute approximate surface area is 174 Å². The van der Waals surface area contributed by atoms with E-state index in [1.165, 1.54) is 23.5 Å². The summed E-state index contributed by atoms with van der Waals surface area (Å²) in [5, 5.41) is 6.00. The van der Waals surface area contributed by atoms with E-state index in [0.29, 0.717) is 28.7 Å². The number of nitrogens with zero attached hydrogens (tertiary/aromatic N) is 3. The van der Waals surface area contributed by atoms with Gasteiger partial charge in [-0.25, -0.2) is 14.2 Å². The third kappa shape index (κ3) is 3.49. The molecule has 1 N–H and O–H groups in total. The summed E-state index contributed by atoms with van der Waals surface area (Å²) in [6, 6.07) is 3.79. The molecule has 1 atom stereocenters. The number of rotatable bonds is 4. The summed E-state index contributed by atoms with van der Waals surface area (Å²) >= 11 is 4.92. The summed E-state index contributed by atoms with van der Waals surface area (Å²) in [6.45, 7) is 4.01. The third-order valence-electron chi connectivity index (χ3n) is 4.60. The highest BCUT2D eigenvalue weighted by Gasteiger charge is 2.38. The van der Waals surface area contributed by atoms with E-state index in [1.54, 1.807) is 19.2 Å². The molecule has 4 rings (SSSR count). The van der Waals surface area contributed by atoms with Crippen LogP contribution >= 0.6 is 27.3 Å². The molecule has 1 fully saturated rings. The summed E-state index contributed by atoms with van der Waals surface area (Å²) in [4.78, 5) is 24.3. The number of hydrogen-bond acceptors (Lipinski definition) is 7. The first-order chi connectivity index (χ1) is 13.6. The van der Waals surface area contributed by atoms with Crippen LogP contribution in [-0.2, 0) is 9.53 Å². The van der Waals surface area contributed by atoms with Gasteiger partial charge in [0.25, 0.3) is 0 Å². The molecule has 146 valence electrons. The number of carbonyl (C=O) groups excluding carboxylic acids is 1. The number of ether oxygens (including phenoxy) is 1. The van der Waals surface area contributed by atoms with E-state index in [0.717, 1.165) is 23.1 Å². The molecule has 1 aromatic carbocycles. The van der Waals surface area contributed by atoms with Gasteiger partial charge in [-0.2, -0.15) is 0 Å². The molecule has 3 heterocycles. The van der Waals surface area contributed by atoms with Crippen LogP contribution in [0.1, 0.15) is 23.5 Å². The molecule has 2 aliphatic heterocycles. The molecule has 0 saturated carbocycles. The molecule has 1 aromatic heterocycles. The lowest BCUT2D eigenvalue weighted by Gasteiger charge is -2.38. The maximum atomic E-state index is 13.7. The summed E-state index contributed by atoms with van der Waals surface area (Å²) in [6.07, 6.45) is 1.73. The van der Waals surface area contributed by atoms with Crippen molar-refractivity contribution in [1.82, 2.24) is 15.2 Å². The lowest BCUT2D eigenvalue weighted by Crippen LogP contribution is -2.48. The predicted molar refractivity (Wildman–Crippen MR) is 109 cm³/mol. The molecule has 9 heteroatoms. The number of hydrogen-bond donors (Lipinski definition) is 1. The number of piperazine rings is 1. The Morgan fingerprint density at radius 3 is 3.07 bits per heavy atom. The van der Waals surface area contributed by atoms with Gasteiger partial charge in [-0.15, -0.1) is 11.3 Å². The number of aliphatic imine (C=N–C) groups is 1. The van der Waals surface area contributed by atoms with Crippen LogP contribution in [0.3, 0.4) is 0 Å². The summed E-state index contributed by atoms with van der Waals surface area (Å²) < 4.78 is 19.6. The number of carbonyl (C=O) groups is 1. The average molecular weight is 465 g/mol. The quantitative estimate of drug-likeness (QED) is 0.703. The highest BCUT2D eigenvalue weighted by Crippen LogP contribution is 2.39. The van der Waals surface area contributed by atoms with Crippen LogP contribution in [0.5, 0.6) is 0 Å². The van der Waals surface area contributed by atoms with E-state index < -0.39 is 12.0 Å². The fourth-order valence-corrected chi connectivity index (χ4v) is 4.62. The summed E-state index contributed by atoms with van der Waals surface area (Å²) in [7, 11) is 0. The molecule has 0 radical (unpaired) electrons. The molecule has 0 unspecified atom stereocenters. The lowest BCUT2D eigenvalue weighted by atomic mass is 9.94. The van der Waals surface area contributed by atoms with Gasteiger partial charge in [-0.1, -0.05) is 22.0 Å². The number of aromatic nitrogens is 1. The molecule has 0 bridgehead atoms. The first-order valence-electron chi connectivity index (χ1n) is 8.91. The predicted octanol–water partition coefficient (Wildman–Crippen LogP) is 3.27. The highest BCUT2D eigenvalue weighted by molar-refractivity contribution is 9.10. The molecular formula is C19H18BrFN4O2S. The zero-order chi connectivity index (χ0) is 19.7. The largest absolute Gasteiger partial charge is 0.463 e. The van der Waals surface area contributed by atoms with Gasteiger partial charge >= 0.3 is 5.97 Å². The second-order valence-electron chi connectivity index (χ2n) is 6.27. The van der Waals surface area contributed by atoms with Crippen LogP contribution in [0, 0.1) is 5.82 Å². The van der Waals surface area contributed by atoms with Gasteiger partial charge < -0.3 is 15.0 Å². The Hall–Kier alpha value is -2.10. The van der Waals surface area contributed by atoms with Crippen LogP contribution in [-0.4, -0.2) is 47.9 Å². The van der Waals surface area contributed by atoms with Gasteiger partial charge in [-0.05, 0) is 24.6 Å². The second kappa shape index (κ2) is 8.10. The van der Waals surface area contributed by atoms with Crippen molar-refractivity contribution in [2.24, 2.45) is 4.99 Å². The normalized spacial score (nSPS) is 19.3. The molecule has 6 nitrogen and oxygen atoms in total. The SMILES string of the molecule is CCOC(=O)C1=C2CNCCN2C(c2nccs2)=N[C@H]1c1ccc(F)cc1Br. The molecule has 1 saturated heterocycles. The zero-order valence-corrected chi connectivity index (χ0v) is 17.5. The van der Waals surface area contributed by atoms with Crippen molar-refractivity contribution in [3.8, 4) is 0 Å². The minimum Gasteiger partial charge on any atom is -0.463 e. The fourth-order valence-electron chi connectivity index (χ4n) is 3.41. The van der Waals surface area contributed by atoms with Crippen molar-refractivity contribution in [2.45, 2.75) is 13.0 Å². The third-order valence-corrected chi connectivity index (χ3v) is 6.05. The van der Waals surface area contributed by atoms with Crippen molar-refractivity contribution in [3.63, 3.8) is 0 Å². The Kier molecular flexibility index (Phi) is 5.56. The van der Waals surface area contributed by atoms with Crippen LogP contribution in [0.4, 0.5) is 4.39 Å². The first-order valence-corrected chi connectivity index (χ1v) is 10.6. The summed E-state index contributed by atoms with van der Waals surface area (Å²) in [5.41, 5.74) is 2.00. The van der Waals surface area contributed by atoms with Crippen LogP contribution in [0.25, 0.3) is 0 Å². The number of fused-ring (bicyclic) bond motifs is 1. The molecule has 0 aliphatic carbocycles. The minimum absolute atomic E-state index is 0.267. The summed E-state index contributed by atoms with van der Waals surface area (Å²) in [5.74, 6) is -0.0444. The van der Waals surface area contributed by atoms with Gasteiger partial charge in [0.15, 0.2) is 10.8 Å². The molecule has 0 spiro atoms. The van der Waals surface area contributed by atoms with Crippen molar-refractivity contribution < 1.29 is 13.9 Å². The van der Waals surface area contributed by atoms with Crippen molar-refractivity contribution in [1.29, 1.82) is 0 Å². The molecular weight excluding hydrogens is 447 g/mol. The van der Waals surface area contributed by atoms with Gasteiger partial charge in [0.05, 0.1) is 12.2 Å². The monoisotopic (exact) mass is 464 g/mol. The number of halogens is 2. The van der Waals surface area contributed by atoms with E-state index >= 15 is 0 Å². The molecule has 2 aliphatic rings. The van der Waals surface area contributed by atoms with E-state index in [-0.39, 0.29) is 12.4 Å². The van der Waals surface area contributed by atoms with E-state index in [1.807, 2.05) is 10.3 Å². The molecule has 2 aromatic rings. The van der Waals surface area contributed by atoms with Crippen LogP contribution < -0.4 is 5.32 Å². The molecule has 0 amide bonds. The molecule has 28 heavy (non-hydrogen) atoms. The van der Waals surface area contributed by atoms with Crippen LogP contribution in [0.15, 0.2) is 50.5 Å². The van der Waals surface area contributed by atoms with Gasteiger partial charge in [0, 0.05) is 41.4 Å². The Morgan fingerprint density at radius 2 is 2.36 bits per heavy atom. The standard InChI is InChI=1S/C19H18BrFN4O2S/c1-2-27-19(26)15-14-10-22-5-7-25(14)17(18-23-6-8-28-18)24-16(15)12-4-3-11(21)9-13(12)20/h3-4,6,8-9,16,22H,2,5,7,10H2,1H3/t16-/m0/s1. The number of amidine groups is 1. The smallest absolute Gasteiger partial charge is 0.338 e.